The number of esters is 1. The van der Waals surface area contributed by atoms with Crippen molar-refractivity contribution in [2.45, 2.75) is 79.4 Å². The maximum Gasteiger partial charge on any atom is 0.408 e. The minimum atomic E-state index is -0.990. The number of carbonyl (C=O) groups is 2. The highest BCUT2D eigenvalue weighted by molar-refractivity contribution is 5.77. The molecule has 0 aromatic heterocycles. The molecule has 0 saturated heterocycles. The number of hydrogen-bond donors (Lipinski definition) is 1. The van der Waals surface area contributed by atoms with Crippen LogP contribution in [0.4, 0.5) is 9.18 Å². The summed E-state index contributed by atoms with van der Waals surface area (Å²) in [5.74, 6) is -0.364. The number of rotatable bonds is 11. The van der Waals surface area contributed by atoms with E-state index in [1.165, 1.54) is 0 Å². The summed E-state index contributed by atoms with van der Waals surface area (Å²) in [4.78, 5) is 25.0. The van der Waals surface area contributed by atoms with Gasteiger partial charge in [0.1, 0.15) is 17.2 Å². The van der Waals surface area contributed by atoms with E-state index in [9.17, 15) is 9.59 Å². The molecule has 7 heteroatoms. The monoisotopic (exact) mass is 513 g/mol. The molecule has 2 aromatic carbocycles. The summed E-state index contributed by atoms with van der Waals surface area (Å²) in [5.41, 5.74) is 3.37. The van der Waals surface area contributed by atoms with Gasteiger partial charge in [-0.15, -0.1) is 6.58 Å². The molecule has 0 aliphatic carbocycles. The van der Waals surface area contributed by atoms with Crippen molar-refractivity contribution in [2.75, 3.05) is 13.2 Å². The maximum atomic E-state index is 15.5. The van der Waals surface area contributed by atoms with Crippen LogP contribution in [0.3, 0.4) is 0 Å². The predicted molar refractivity (Wildman–Crippen MR) is 144 cm³/mol. The first kappa shape index (κ1) is 29.9. The third-order valence-corrected chi connectivity index (χ3v) is 5.57. The number of carbonyl (C=O) groups excluding carboxylic acids is 2. The van der Waals surface area contributed by atoms with Gasteiger partial charge in [-0.05, 0) is 102 Å². The summed E-state index contributed by atoms with van der Waals surface area (Å²) in [6, 6.07) is 6.43. The van der Waals surface area contributed by atoms with Crippen LogP contribution >= 0.6 is 0 Å². The molecule has 2 aromatic rings. The Morgan fingerprint density at radius 1 is 1.11 bits per heavy atom. The molecular formula is C30H40FNO5. The number of unbranched alkanes of at least 4 members (excludes halogenated alkanes) is 1. The van der Waals surface area contributed by atoms with Gasteiger partial charge in [-0.2, -0.15) is 0 Å². The Bertz CT molecular complexity index is 1120. The fourth-order valence-corrected chi connectivity index (χ4v) is 4.09. The van der Waals surface area contributed by atoms with Gasteiger partial charge >= 0.3 is 12.1 Å². The number of amides is 1. The predicted octanol–water partition coefficient (Wildman–Crippen LogP) is 7.28. The lowest BCUT2D eigenvalue weighted by Crippen LogP contribution is -2.36. The number of ether oxygens (including phenoxy) is 3. The van der Waals surface area contributed by atoms with Crippen molar-refractivity contribution in [2.24, 2.45) is 0 Å². The molecule has 0 radical (unpaired) electrons. The van der Waals surface area contributed by atoms with Crippen molar-refractivity contribution < 1.29 is 28.2 Å². The summed E-state index contributed by atoms with van der Waals surface area (Å²) in [5, 5.41) is 2.67. The van der Waals surface area contributed by atoms with Crippen molar-refractivity contribution >= 4 is 12.1 Å². The van der Waals surface area contributed by atoms with Crippen LogP contribution in [0.25, 0.3) is 11.1 Å². The van der Waals surface area contributed by atoms with E-state index in [0.717, 1.165) is 35.1 Å². The number of nitrogens with one attached hydrogen (secondary N) is 1. The molecule has 6 nitrogen and oxygen atoms in total. The summed E-state index contributed by atoms with van der Waals surface area (Å²) in [6.45, 7) is 17.0. The molecule has 1 atom stereocenters. The molecule has 2 rings (SSSR count). The quantitative estimate of drug-likeness (QED) is 0.194. The summed E-state index contributed by atoms with van der Waals surface area (Å²) in [7, 11) is 0. The van der Waals surface area contributed by atoms with Gasteiger partial charge in [-0.1, -0.05) is 12.1 Å². The van der Waals surface area contributed by atoms with E-state index in [4.69, 9.17) is 14.2 Å². The molecule has 0 unspecified atom stereocenters. The van der Waals surface area contributed by atoms with E-state index in [0.29, 0.717) is 17.9 Å². The Labute approximate surface area is 220 Å². The van der Waals surface area contributed by atoms with Crippen LogP contribution in [0.2, 0.25) is 0 Å². The summed E-state index contributed by atoms with van der Waals surface area (Å²) in [6.07, 6.45) is 2.52. The SMILES string of the molecule is C=CCCCOc1cc(C)cc(C)c1-c1cc(C)c(F)c([C@H](CC(=O)OCC)NC(=O)OC(C)(C)C)c1. The molecule has 37 heavy (non-hydrogen) atoms. The maximum absolute atomic E-state index is 15.5. The fourth-order valence-electron chi connectivity index (χ4n) is 4.09. The van der Waals surface area contributed by atoms with E-state index in [1.54, 1.807) is 46.8 Å². The average molecular weight is 514 g/mol. The molecular weight excluding hydrogens is 473 g/mol. The van der Waals surface area contributed by atoms with Crippen molar-refractivity contribution in [1.82, 2.24) is 5.32 Å². The van der Waals surface area contributed by atoms with Gasteiger partial charge < -0.3 is 19.5 Å². The topological polar surface area (TPSA) is 73.9 Å². The average Bonchev–Trinajstić information content (AvgIpc) is 2.77. The third kappa shape index (κ3) is 8.92. The first-order valence-corrected chi connectivity index (χ1v) is 12.7. The van der Waals surface area contributed by atoms with E-state index in [1.807, 2.05) is 32.1 Å². The highest BCUT2D eigenvalue weighted by Gasteiger charge is 2.27. The van der Waals surface area contributed by atoms with E-state index in [2.05, 4.69) is 11.9 Å². The Morgan fingerprint density at radius 3 is 2.43 bits per heavy atom. The zero-order valence-corrected chi connectivity index (χ0v) is 23.1. The third-order valence-electron chi connectivity index (χ3n) is 5.57. The van der Waals surface area contributed by atoms with Gasteiger partial charge in [-0.3, -0.25) is 4.79 Å². The molecule has 1 amide bonds. The van der Waals surface area contributed by atoms with Gasteiger partial charge in [0.2, 0.25) is 0 Å². The molecule has 0 fully saturated rings. The standard InChI is InChI=1S/C30H40FNO5/c1-9-11-12-13-36-25-15-19(3)14-20(4)27(25)22-16-21(5)28(31)23(17-22)24(18-26(33)35-10-2)32-29(34)37-30(6,7)8/h9,14-17,24H,1,10-13,18H2,2-8H3,(H,32,34)/t24-/m0/s1. The van der Waals surface area contributed by atoms with Crippen LogP contribution in [0, 0.1) is 26.6 Å². The van der Waals surface area contributed by atoms with Crippen LogP contribution < -0.4 is 10.1 Å². The smallest absolute Gasteiger partial charge is 0.408 e. The second kappa shape index (κ2) is 13.3. The van der Waals surface area contributed by atoms with Gasteiger partial charge in [-0.25, -0.2) is 9.18 Å². The molecule has 0 aliphatic rings. The summed E-state index contributed by atoms with van der Waals surface area (Å²) >= 11 is 0. The highest BCUT2D eigenvalue weighted by Crippen LogP contribution is 2.38. The van der Waals surface area contributed by atoms with Gasteiger partial charge in [0.15, 0.2) is 0 Å². The Balaban J connectivity index is 2.58. The van der Waals surface area contributed by atoms with Crippen molar-refractivity contribution in [3.63, 3.8) is 0 Å². The number of hydrogen-bond acceptors (Lipinski definition) is 5. The minimum absolute atomic E-state index is 0.173. The zero-order valence-electron chi connectivity index (χ0n) is 23.1. The molecule has 0 bridgehead atoms. The Hall–Kier alpha value is -3.35. The van der Waals surface area contributed by atoms with Gasteiger partial charge in [0, 0.05) is 11.1 Å². The molecule has 1 N–H and O–H groups in total. The van der Waals surface area contributed by atoms with Crippen LogP contribution in [0.15, 0.2) is 36.9 Å². The largest absolute Gasteiger partial charge is 0.493 e. The molecule has 0 spiro atoms. The second-order valence-electron chi connectivity index (χ2n) is 10.1. The van der Waals surface area contributed by atoms with E-state index in [-0.39, 0.29) is 18.6 Å². The number of aryl methyl sites for hydroxylation is 3. The minimum Gasteiger partial charge on any atom is -0.493 e. The first-order chi connectivity index (χ1) is 17.4. The number of alkyl carbamates (subject to hydrolysis) is 1. The van der Waals surface area contributed by atoms with Gasteiger partial charge in [0.25, 0.3) is 0 Å². The molecule has 0 heterocycles. The molecule has 202 valence electrons. The van der Waals surface area contributed by atoms with Crippen LogP contribution in [0.1, 0.15) is 75.3 Å². The van der Waals surface area contributed by atoms with Crippen LogP contribution in [-0.4, -0.2) is 30.9 Å². The van der Waals surface area contributed by atoms with Crippen LogP contribution in [0.5, 0.6) is 5.75 Å². The lowest BCUT2D eigenvalue weighted by Gasteiger charge is -2.25. The van der Waals surface area contributed by atoms with Crippen molar-refractivity contribution in [3.05, 3.63) is 65.0 Å². The highest BCUT2D eigenvalue weighted by atomic mass is 19.1. The number of halogens is 1. The molecule has 0 saturated carbocycles. The van der Waals surface area contributed by atoms with E-state index < -0.39 is 29.5 Å². The molecule has 0 aliphatic heterocycles. The lowest BCUT2D eigenvalue weighted by atomic mass is 9.91. The fraction of sp³-hybridized carbons (Fsp3) is 0.467. The summed E-state index contributed by atoms with van der Waals surface area (Å²) < 4.78 is 32.2. The number of benzene rings is 2. The Kier molecular flexibility index (Phi) is 10.7. The van der Waals surface area contributed by atoms with Crippen molar-refractivity contribution in [1.29, 1.82) is 0 Å². The van der Waals surface area contributed by atoms with Crippen LogP contribution in [-0.2, 0) is 14.3 Å². The normalized spacial score (nSPS) is 12.0. The second-order valence-corrected chi connectivity index (χ2v) is 10.1. The zero-order chi connectivity index (χ0) is 27.8. The van der Waals surface area contributed by atoms with E-state index >= 15 is 4.39 Å². The lowest BCUT2D eigenvalue weighted by molar-refractivity contribution is -0.143. The number of allylic oxidation sites excluding steroid dienone is 1. The Morgan fingerprint density at radius 2 is 1.81 bits per heavy atom. The van der Waals surface area contributed by atoms with Crippen molar-refractivity contribution in [3.8, 4) is 16.9 Å². The first-order valence-electron chi connectivity index (χ1n) is 12.7. The van der Waals surface area contributed by atoms with Gasteiger partial charge in [0.05, 0.1) is 25.7 Å².